The van der Waals surface area contributed by atoms with Crippen LogP contribution in [0.2, 0.25) is 0 Å². The molecule has 0 aliphatic rings. The summed E-state index contributed by atoms with van der Waals surface area (Å²) in [5, 5.41) is 20.6. The topological polar surface area (TPSA) is 80.0 Å². The Kier molecular flexibility index (Phi) is 4.57. The summed E-state index contributed by atoms with van der Waals surface area (Å²) in [5.41, 5.74) is 1.58. The lowest BCUT2D eigenvalue weighted by Crippen LogP contribution is -2.50. The zero-order valence-electron chi connectivity index (χ0n) is 12.8. The molecule has 0 atom stereocenters. The van der Waals surface area contributed by atoms with Crippen LogP contribution < -0.4 is 5.32 Å². The van der Waals surface area contributed by atoms with Gasteiger partial charge < -0.3 is 10.4 Å². The van der Waals surface area contributed by atoms with E-state index < -0.39 is 5.54 Å². The van der Waals surface area contributed by atoms with Crippen LogP contribution in [0.4, 0.5) is 0 Å². The van der Waals surface area contributed by atoms with Gasteiger partial charge in [-0.2, -0.15) is 0 Å². The van der Waals surface area contributed by atoms with Gasteiger partial charge in [-0.25, -0.2) is 4.68 Å². The second-order valence-corrected chi connectivity index (χ2v) is 5.21. The number of nitrogens with one attached hydrogen (secondary N) is 1. The molecule has 2 N–H and O–H groups in total. The molecule has 0 saturated heterocycles. The number of aliphatic hydroxyl groups is 1. The highest BCUT2D eigenvalue weighted by molar-refractivity contribution is 5.97. The van der Waals surface area contributed by atoms with E-state index >= 15 is 0 Å². The Labute approximate surface area is 124 Å². The van der Waals surface area contributed by atoms with Crippen molar-refractivity contribution < 1.29 is 9.90 Å². The third-order valence-corrected chi connectivity index (χ3v) is 4.11. The highest BCUT2D eigenvalue weighted by atomic mass is 16.3. The van der Waals surface area contributed by atoms with E-state index in [-0.39, 0.29) is 12.5 Å². The van der Waals surface area contributed by atoms with E-state index in [2.05, 4.69) is 15.6 Å². The maximum Gasteiger partial charge on any atom is 0.251 e. The van der Waals surface area contributed by atoms with E-state index in [1.807, 2.05) is 26.8 Å². The number of nitrogens with zero attached hydrogens (tertiary/aromatic N) is 3. The molecule has 0 aliphatic heterocycles. The van der Waals surface area contributed by atoms with Crippen LogP contribution in [0.5, 0.6) is 0 Å². The van der Waals surface area contributed by atoms with Crippen molar-refractivity contribution in [1.82, 2.24) is 20.3 Å². The molecule has 6 nitrogen and oxygen atoms in total. The van der Waals surface area contributed by atoms with Crippen LogP contribution in [-0.4, -0.2) is 38.2 Å². The normalized spacial score (nSPS) is 11.8. The van der Waals surface area contributed by atoms with Gasteiger partial charge in [-0.3, -0.25) is 4.79 Å². The van der Waals surface area contributed by atoms with Crippen LogP contribution in [0.1, 0.15) is 44.0 Å². The summed E-state index contributed by atoms with van der Waals surface area (Å²) in [6.45, 7) is 6.57. The Morgan fingerprint density at radius 1 is 1.33 bits per heavy atom. The number of aliphatic hydroxyl groups excluding tert-OH is 1. The molecule has 21 heavy (non-hydrogen) atoms. The van der Waals surface area contributed by atoms with Gasteiger partial charge >= 0.3 is 0 Å². The smallest absolute Gasteiger partial charge is 0.251 e. The summed E-state index contributed by atoms with van der Waals surface area (Å²) in [6, 6.07) is 5.35. The number of rotatable bonds is 6. The van der Waals surface area contributed by atoms with Crippen molar-refractivity contribution in [2.24, 2.45) is 0 Å². The molecule has 1 heterocycles. The van der Waals surface area contributed by atoms with Gasteiger partial charge in [0.1, 0.15) is 5.52 Å². The number of aromatic nitrogens is 3. The average Bonchev–Trinajstić information content (AvgIpc) is 2.94. The van der Waals surface area contributed by atoms with E-state index in [1.54, 1.807) is 16.8 Å². The highest BCUT2D eigenvalue weighted by Crippen LogP contribution is 2.17. The molecule has 0 aliphatic carbocycles. The average molecular weight is 290 g/mol. The molecular weight excluding hydrogens is 268 g/mol. The van der Waals surface area contributed by atoms with Gasteiger partial charge in [-0.1, -0.05) is 19.1 Å². The van der Waals surface area contributed by atoms with Crippen molar-refractivity contribution in [3.63, 3.8) is 0 Å². The molecule has 2 aromatic rings. The summed E-state index contributed by atoms with van der Waals surface area (Å²) in [6.07, 6.45) is 1.36. The lowest BCUT2D eigenvalue weighted by Gasteiger charge is -2.30. The summed E-state index contributed by atoms with van der Waals surface area (Å²) in [7, 11) is 0. The van der Waals surface area contributed by atoms with Crippen molar-refractivity contribution in [1.29, 1.82) is 0 Å². The van der Waals surface area contributed by atoms with E-state index in [4.69, 9.17) is 0 Å². The van der Waals surface area contributed by atoms with Crippen molar-refractivity contribution in [3.05, 3.63) is 23.8 Å². The Bertz CT molecular complexity index is 623. The first-order valence-corrected chi connectivity index (χ1v) is 7.35. The number of carbonyl (C=O) groups is 1. The fraction of sp³-hybridized carbons (Fsp3) is 0.533. The minimum absolute atomic E-state index is 0.0694. The maximum atomic E-state index is 12.4. The SMILES string of the molecule is CCn1nnc2cc(C(=O)NC(CC)(CC)CO)ccc21. The molecule has 1 aromatic carbocycles. The van der Waals surface area contributed by atoms with Gasteiger partial charge in [0, 0.05) is 12.1 Å². The molecule has 0 radical (unpaired) electrons. The fourth-order valence-electron chi connectivity index (χ4n) is 2.35. The lowest BCUT2D eigenvalue weighted by molar-refractivity contribution is 0.0818. The highest BCUT2D eigenvalue weighted by Gasteiger charge is 2.27. The zero-order valence-corrected chi connectivity index (χ0v) is 12.8. The number of carbonyl (C=O) groups excluding carboxylic acids is 1. The van der Waals surface area contributed by atoms with Crippen molar-refractivity contribution >= 4 is 16.9 Å². The van der Waals surface area contributed by atoms with E-state index in [0.29, 0.717) is 23.9 Å². The van der Waals surface area contributed by atoms with Crippen LogP contribution in [0.3, 0.4) is 0 Å². The van der Waals surface area contributed by atoms with Crippen molar-refractivity contribution in [2.75, 3.05) is 6.61 Å². The summed E-state index contributed by atoms with van der Waals surface area (Å²) < 4.78 is 1.78. The maximum absolute atomic E-state index is 12.4. The minimum atomic E-state index is -0.562. The van der Waals surface area contributed by atoms with E-state index in [1.165, 1.54) is 0 Å². The molecule has 6 heteroatoms. The predicted molar refractivity (Wildman–Crippen MR) is 81.1 cm³/mol. The molecule has 1 aromatic heterocycles. The van der Waals surface area contributed by atoms with Crippen LogP contribution in [0.25, 0.3) is 11.0 Å². The van der Waals surface area contributed by atoms with Gasteiger partial charge in [-0.05, 0) is 38.0 Å². The van der Waals surface area contributed by atoms with Crippen LogP contribution in [0.15, 0.2) is 18.2 Å². The van der Waals surface area contributed by atoms with Crippen LogP contribution in [0, 0.1) is 0 Å². The molecule has 0 saturated carbocycles. The van der Waals surface area contributed by atoms with Crippen molar-refractivity contribution in [3.8, 4) is 0 Å². The van der Waals surface area contributed by atoms with E-state index in [0.717, 1.165) is 12.1 Å². The zero-order chi connectivity index (χ0) is 15.5. The number of fused-ring (bicyclic) bond motifs is 1. The van der Waals surface area contributed by atoms with Crippen molar-refractivity contribution in [2.45, 2.75) is 45.7 Å². The Morgan fingerprint density at radius 2 is 2.05 bits per heavy atom. The monoisotopic (exact) mass is 290 g/mol. The molecule has 0 unspecified atom stereocenters. The first-order chi connectivity index (χ1) is 10.1. The molecule has 0 spiro atoms. The molecular formula is C15H22N4O2. The van der Waals surface area contributed by atoms with Gasteiger partial charge in [0.15, 0.2) is 0 Å². The standard InChI is InChI=1S/C15H22N4O2/c1-4-15(5-2,10-20)16-14(21)11-7-8-13-12(9-11)17-18-19(13)6-3/h7-9,20H,4-6,10H2,1-3H3,(H,16,21). The quantitative estimate of drug-likeness (QED) is 0.849. The van der Waals surface area contributed by atoms with Gasteiger partial charge in [-0.15, -0.1) is 5.10 Å². The fourth-order valence-corrected chi connectivity index (χ4v) is 2.35. The molecule has 1 amide bonds. The Morgan fingerprint density at radius 3 is 2.62 bits per heavy atom. The third kappa shape index (κ3) is 2.90. The minimum Gasteiger partial charge on any atom is -0.394 e. The largest absolute Gasteiger partial charge is 0.394 e. The number of hydrogen-bond acceptors (Lipinski definition) is 4. The Balaban J connectivity index is 2.27. The molecule has 114 valence electrons. The lowest BCUT2D eigenvalue weighted by atomic mass is 9.93. The van der Waals surface area contributed by atoms with Crippen LogP contribution >= 0.6 is 0 Å². The van der Waals surface area contributed by atoms with E-state index in [9.17, 15) is 9.90 Å². The summed E-state index contributed by atoms with van der Waals surface area (Å²) in [5.74, 6) is -0.194. The molecule has 0 bridgehead atoms. The summed E-state index contributed by atoms with van der Waals surface area (Å²) in [4.78, 5) is 12.4. The number of aryl methyl sites for hydroxylation is 1. The number of benzene rings is 1. The number of amides is 1. The number of hydrogen-bond donors (Lipinski definition) is 2. The molecule has 0 fully saturated rings. The second kappa shape index (κ2) is 6.22. The second-order valence-electron chi connectivity index (χ2n) is 5.21. The predicted octanol–water partition coefficient (Wildman–Crippen LogP) is 1.73. The first-order valence-electron chi connectivity index (χ1n) is 7.35. The van der Waals surface area contributed by atoms with Crippen LogP contribution in [-0.2, 0) is 6.54 Å². The Hall–Kier alpha value is -1.95. The summed E-state index contributed by atoms with van der Waals surface area (Å²) >= 11 is 0. The molecule has 2 rings (SSSR count). The third-order valence-electron chi connectivity index (χ3n) is 4.11. The van der Waals surface area contributed by atoms with Gasteiger partial charge in [0.25, 0.3) is 5.91 Å². The van der Waals surface area contributed by atoms with Gasteiger partial charge in [0.05, 0.1) is 17.7 Å². The first kappa shape index (κ1) is 15.4. The van der Waals surface area contributed by atoms with Gasteiger partial charge in [0.2, 0.25) is 0 Å².